The number of nitrogens with zero attached hydrogens (tertiary/aromatic N) is 1. The largest absolute Gasteiger partial charge is 0.497 e. The van der Waals surface area contributed by atoms with Gasteiger partial charge in [0, 0.05) is 19.2 Å². The lowest BCUT2D eigenvalue weighted by Crippen LogP contribution is -2.29. The number of halogens is 1. The van der Waals surface area contributed by atoms with Gasteiger partial charge in [0.2, 0.25) is 5.91 Å². The van der Waals surface area contributed by atoms with Crippen molar-refractivity contribution in [1.82, 2.24) is 10.2 Å². The summed E-state index contributed by atoms with van der Waals surface area (Å²) in [6.45, 7) is 4.64. The van der Waals surface area contributed by atoms with Crippen LogP contribution in [0.1, 0.15) is 18.9 Å². The molecule has 1 amide bonds. The van der Waals surface area contributed by atoms with Gasteiger partial charge in [-0.05, 0) is 56.1 Å². The third-order valence-corrected chi connectivity index (χ3v) is 3.96. The van der Waals surface area contributed by atoms with Crippen molar-refractivity contribution in [1.29, 1.82) is 0 Å². The van der Waals surface area contributed by atoms with Gasteiger partial charge >= 0.3 is 0 Å². The first-order valence-corrected chi connectivity index (χ1v) is 7.40. The van der Waals surface area contributed by atoms with Crippen molar-refractivity contribution >= 4 is 23.9 Å². The van der Waals surface area contributed by atoms with Crippen molar-refractivity contribution in [3.63, 3.8) is 0 Å². The summed E-state index contributed by atoms with van der Waals surface area (Å²) in [7, 11) is 3.60. The van der Waals surface area contributed by atoms with Gasteiger partial charge in [0.15, 0.2) is 0 Å². The van der Waals surface area contributed by atoms with Gasteiger partial charge in [-0.2, -0.15) is 0 Å². The molecule has 0 radical (unpaired) electrons. The highest BCUT2D eigenvalue weighted by atomic mass is 35.5. The van der Waals surface area contributed by atoms with E-state index < -0.39 is 0 Å². The minimum Gasteiger partial charge on any atom is -0.497 e. The third kappa shape index (κ3) is 4.75. The second-order valence-corrected chi connectivity index (χ2v) is 5.56. The van der Waals surface area contributed by atoms with Crippen molar-refractivity contribution in [2.24, 2.45) is 5.92 Å². The Hall–Kier alpha value is -1.52. The highest BCUT2D eigenvalue weighted by molar-refractivity contribution is 5.95. The fraction of sp³-hybridized carbons (Fsp3) is 0.471. The summed E-state index contributed by atoms with van der Waals surface area (Å²) in [5.41, 5.74) is 1.99. The zero-order chi connectivity index (χ0) is 15.2. The van der Waals surface area contributed by atoms with E-state index in [0.29, 0.717) is 5.92 Å². The number of likely N-dealkylation sites (tertiary alicyclic amines) is 1. The van der Waals surface area contributed by atoms with Crippen molar-refractivity contribution in [2.75, 3.05) is 33.8 Å². The lowest BCUT2D eigenvalue weighted by atomic mass is 10.1. The predicted octanol–water partition coefficient (Wildman–Crippen LogP) is 2.59. The van der Waals surface area contributed by atoms with E-state index in [9.17, 15) is 4.79 Å². The van der Waals surface area contributed by atoms with Crippen LogP contribution in [0.2, 0.25) is 0 Å². The SMILES string of the molecule is CNCC1CCN(C(=O)/C=C(/C)c2cccc(OC)c2)C1.Cl. The van der Waals surface area contributed by atoms with Crippen LogP contribution in [0.15, 0.2) is 30.3 Å². The maximum absolute atomic E-state index is 12.3. The molecular weight excluding hydrogens is 300 g/mol. The van der Waals surface area contributed by atoms with Gasteiger partial charge in [-0.1, -0.05) is 12.1 Å². The first-order chi connectivity index (χ1) is 10.1. The van der Waals surface area contributed by atoms with Crippen LogP contribution in [0.4, 0.5) is 0 Å². The van der Waals surface area contributed by atoms with Crippen LogP contribution in [-0.4, -0.2) is 44.6 Å². The monoisotopic (exact) mass is 324 g/mol. The number of nitrogens with one attached hydrogen (secondary N) is 1. The molecule has 0 spiro atoms. The van der Waals surface area contributed by atoms with Crippen LogP contribution >= 0.6 is 12.4 Å². The van der Waals surface area contributed by atoms with E-state index in [-0.39, 0.29) is 18.3 Å². The Kier molecular flexibility index (Phi) is 7.42. The predicted molar refractivity (Wildman–Crippen MR) is 92.5 cm³/mol. The number of carbonyl (C=O) groups excluding carboxylic acids is 1. The molecular formula is C17H25ClN2O2. The molecule has 0 aliphatic carbocycles. The van der Waals surface area contributed by atoms with Gasteiger partial charge < -0.3 is 15.0 Å². The van der Waals surface area contributed by atoms with Crippen molar-refractivity contribution in [3.05, 3.63) is 35.9 Å². The first-order valence-electron chi connectivity index (χ1n) is 7.40. The van der Waals surface area contributed by atoms with Crippen molar-refractivity contribution in [2.45, 2.75) is 13.3 Å². The number of methoxy groups -OCH3 is 1. The quantitative estimate of drug-likeness (QED) is 0.846. The Labute approximate surface area is 138 Å². The Morgan fingerprint density at radius 2 is 2.27 bits per heavy atom. The third-order valence-electron chi connectivity index (χ3n) is 3.96. The molecule has 1 aliphatic rings. The van der Waals surface area contributed by atoms with Gasteiger partial charge in [-0.25, -0.2) is 0 Å². The minimum absolute atomic E-state index is 0. The van der Waals surface area contributed by atoms with Crippen LogP contribution in [0.5, 0.6) is 5.75 Å². The maximum Gasteiger partial charge on any atom is 0.246 e. The molecule has 1 aliphatic heterocycles. The Balaban J connectivity index is 0.00000242. The number of amides is 1. The molecule has 1 unspecified atom stereocenters. The van der Waals surface area contributed by atoms with Gasteiger partial charge in [0.05, 0.1) is 7.11 Å². The lowest BCUT2D eigenvalue weighted by molar-refractivity contribution is -0.125. The molecule has 0 saturated carbocycles. The van der Waals surface area contributed by atoms with E-state index in [2.05, 4.69) is 5.32 Å². The van der Waals surface area contributed by atoms with Crippen LogP contribution < -0.4 is 10.1 Å². The number of allylic oxidation sites excluding steroid dienone is 1. The van der Waals surface area contributed by atoms with E-state index in [0.717, 1.165) is 42.9 Å². The highest BCUT2D eigenvalue weighted by Crippen LogP contribution is 2.21. The minimum atomic E-state index is 0. The van der Waals surface area contributed by atoms with Crippen LogP contribution in [0.25, 0.3) is 5.57 Å². The fourth-order valence-corrected chi connectivity index (χ4v) is 2.72. The summed E-state index contributed by atoms with van der Waals surface area (Å²) in [5.74, 6) is 1.49. The lowest BCUT2D eigenvalue weighted by Gasteiger charge is -2.15. The number of carbonyl (C=O) groups is 1. The molecule has 1 N–H and O–H groups in total. The van der Waals surface area contributed by atoms with E-state index in [4.69, 9.17) is 4.74 Å². The fourth-order valence-electron chi connectivity index (χ4n) is 2.72. The summed E-state index contributed by atoms with van der Waals surface area (Å²) in [6, 6.07) is 7.79. The zero-order valence-electron chi connectivity index (χ0n) is 13.5. The van der Waals surface area contributed by atoms with E-state index in [1.807, 2.05) is 43.1 Å². The molecule has 0 bridgehead atoms. The summed E-state index contributed by atoms with van der Waals surface area (Å²) in [6.07, 6.45) is 2.81. The van der Waals surface area contributed by atoms with Gasteiger partial charge in [-0.3, -0.25) is 4.79 Å². The van der Waals surface area contributed by atoms with E-state index >= 15 is 0 Å². The first kappa shape index (κ1) is 18.5. The van der Waals surface area contributed by atoms with Crippen LogP contribution in [0, 0.1) is 5.92 Å². The summed E-state index contributed by atoms with van der Waals surface area (Å²) >= 11 is 0. The molecule has 0 aromatic heterocycles. The molecule has 1 atom stereocenters. The van der Waals surface area contributed by atoms with Gasteiger partial charge in [0.25, 0.3) is 0 Å². The van der Waals surface area contributed by atoms with Crippen molar-refractivity contribution in [3.8, 4) is 5.75 Å². The molecule has 1 fully saturated rings. The van der Waals surface area contributed by atoms with Crippen LogP contribution in [-0.2, 0) is 4.79 Å². The highest BCUT2D eigenvalue weighted by Gasteiger charge is 2.24. The average Bonchev–Trinajstić information content (AvgIpc) is 2.96. The average molecular weight is 325 g/mol. The normalized spacial score (nSPS) is 18.0. The molecule has 1 aromatic rings. The number of hydrogen-bond donors (Lipinski definition) is 1. The summed E-state index contributed by atoms with van der Waals surface area (Å²) < 4.78 is 5.22. The van der Waals surface area contributed by atoms with Crippen LogP contribution in [0.3, 0.4) is 0 Å². The Bertz CT molecular complexity index is 531. The molecule has 2 rings (SSSR count). The number of ether oxygens (including phenoxy) is 1. The molecule has 5 heteroatoms. The van der Waals surface area contributed by atoms with E-state index in [1.54, 1.807) is 13.2 Å². The number of benzene rings is 1. The summed E-state index contributed by atoms with van der Waals surface area (Å²) in [4.78, 5) is 14.3. The smallest absolute Gasteiger partial charge is 0.246 e. The Morgan fingerprint density at radius 1 is 1.50 bits per heavy atom. The van der Waals surface area contributed by atoms with Crippen molar-refractivity contribution < 1.29 is 9.53 Å². The topological polar surface area (TPSA) is 41.6 Å². The van der Waals surface area contributed by atoms with E-state index in [1.165, 1.54) is 0 Å². The second-order valence-electron chi connectivity index (χ2n) is 5.56. The molecule has 122 valence electrons. The second kappa shape index (κ2) is 8.81. The molecule has 1 heterocycles. The summed E-state index contributed by atoms with van der Waals surface area (Å²) in [5, 5.41) is 3.18. The zero-order valence-corrected chi connectivity index (χ0v) is 14.3. The standard InChI is InChI=1S/C17H24N2O2.ClH/c1-13(15-5-4-6-16(10-15)21-3)9-17(20)19-8-7-14(12-19)11-18-2;/h4-6,9-10,14,18H,7-8,11-12H2,1-3H3;1H/b13-9-;. The van der Waals surface area contributed by atoms with Gasteiger partial charge in [0.1, 0.15) is 5.75 Å². The maximum atomic E-state index is 12.3. The molecule has 1 saturated heterocycles. The molecule has 4 nitrogen and oxygen atoms in total. The molecule has 1 aromatic carbocycles. The molecule has 22 heavy (non-hydrogen) atoms. The number of hydrogen-bond acceptors (Lipinski definition) is 3. The Morgan fingerprint density at radius 3 is 2.95 bits per heavy atom. The number of rotatable bonds is 5. The van der Waals surface area contributed by atoms with Gasteiger partial charge in [-0.15, -0.1) is 12.4 Å².